The maximum atomic E-state index is 3.56. The lowest BCUT2D eigenvalue weighted by Gasteiger charge is -2.26. The summed E-state index contributed by atoms with van der Waals surface area (Å²) in [5, 5.41) is 1.33. The van der Waals surface area contributed by atoms with Gasteiger partial charge < -0.3 is 9.47 Å². The van der Waals surface area contributed by atoms with Crippen molar-refractivity contribution < 1.29 is 0 Å². The van der Waals surface area contributed by atoms with Gasteiger partial charge in [0, 0.05) is 29.3 Å². The number of hydrogen-bond acceptors (Lipinski definition) is 1. The minimum Gasteiger partial charge on any atom is -0.346 e. The molecule has 96 valence electrons. The largest absolute Gasteiger partial charge is 0.346 e. The van der Waals surface area contributed by atoms with E-state index in [2.05, 4.69) is 55.9 Å². The molecule has 1 aromatic carbocycles. The van der Waals surface area contributed by atoms with Crippen LogP contribution in [0.25, 0.3) is 10.9 Å². The summed E-state index contributed by atoms with van der Waals surface area (Å²) >= 11 is 3.56. The van der Waals surface area contributed by atoms with Crippen LogP contribution in [0.1, 0.15) is 19.3 Å². The predicted molar refractivity (Wildman–Crippen MR) is 79.9 cm³/mol. The fourth-order valence-electron chi connectivity index (χ4n) is 2.78. The Balaban J connectivity index is 1.72. The SMILES string of the molecule is Brc1ccc2ccn(CCN3CCCCC3)c2c1. The van der Waals surface area contributed by atoms with Crippen molar-refractivity contribution in [2.24, 2.45) is 0 Å². The second-order valence-corrected chi connectivity index (χ2v) is 6.03. The van der Waals surface area contributed by atoms with Crippen molar-refractivity contribution in [2.45, 2.75) is 25.8 Å². The summed E-state index contributed by atoms with van der Waals surface area (Å²) in [5.74, 6) is 0. The first-order chi connectivity index (χ1) is 8.83. The van der Waals surface area contributed by atoms with E-state index in [-0.39, 0.29) is 0 Å². The molecule has 2 aromatic rings. The Morgan fingerprint density at radius 2 is 1.83 bits per heavy atom. The van der Waals surface area contributed by atoms with Crippen molar-refractivity contribution in [3.05, 3.63) is 34.9 Å². The average molecular weight is 307 g/mol. The molecular weight excluding hydrogens is 288 g/mol. The summed E-state index contributed by atoms with van der Waals surface area (Å²) in [7, 11) is 0. The summed E-state index contributed by atoms with van der Waals surface area (Å²) in [4.78, 5) is 2.59. The Morgan fingerprint density at radius 1 is 1.00 bits per heavy atom. The zero-order valence-corrected chi connectivity index (χ0v) is 12.2. The lowest BCUT2D eigenvalue weighted by molar-refractivity contribution is 0.221. The van der Waals surface area contributed by atoms with E-state index in [9.17, 15) is 0 Å². The number of likely N-dealkylation sites (tertiary alicyclic amines) is 1. The normalized spacial score (nSPS) is 17.4. The minimum absolute atomic E-state index is 1.10. The quantitative estimate of drug-likeness (QED) is 0.835. The highest BCUT2D eigenvalue weighted by atomic mass is 79.9. The fourth-order valence-corrected chi connectivity index (χ4v) is 3.13. The van der Waals surface area contributed by atoms with Crippen molar-refractivity contribution >= 4 is 26.8 Å². The van der Waals surface area contributed by atoms with Gasteiger partial charge in [-0.2, -0.15) is 0 Å². The van der Waals surface area contributed by atoms with E-state index >= 15 is 0 Å². The highest BCUT2D eigenvalue weighted by Gasteiger charge is 2.10. The Bertz CT molecular complexity index is 526. The molecule has 0 N–H and O–H groups in total. The molecule has 1 aromatic heterocycles. The van der Waals surface area contributed by atoms with Gasteiger partial charge in [-0.1, -0.05) is 28.4 Å². The van der Waals surface area contributed by atoms with Crippen LogP contribution in [-0.2, 0) is 6.54 Å². The molecule has 3 rings (SSSR count). The molecule has 0 unspecified atom stereocenters. The van der Waals surface area contributed by atoms with E-state index in [0.717, 1.165) is 11.0 Å². The molecule has 3 heteroatoms. The number of piperidine rings is 1. The molecule has 1 aliphatic rings. The van der Waals surface area contributed by atoms with Gasteiger partial charge in [-0.05, 0) is 49.5 Å². The molecule has 2 nitrogen and oxygen atoms in total. The van der Waals surface area contributed by atoms with E-state index < -0.39 is 0 Å². The lowest BCUT2D eigenvalue weighted by Crippen LogP contribution is -2.32. The molecule has 0 aliphatic carbocycles. The number of benzene rings is 1. The summed E-state index contributed by atoms with van der Waals surface area (Å²) in [5.41, 5.74) is 1.33. The standard InChI is InChI=1S/C15H19BrN2/c16-14-5-4-13-6-9-18(15(13)12-14)11-10-17-7-2-1-3-8-17/h4-6,9,12H,1-3,7-8,10-11H2. The average Bonchev–Trinajstić information content (AvgIpc) is 2.80. The molecule has 2 heterocycles. The number of nitrogens with zero attached hydrogens (tertiary/aromatic N) is 2. The van der Waals surface area contributed by atoms with Crippen molar-refractivity contribution in [1.29, 1.82) is 0 Å². The fraction of sp³-hybridized carbons (Fsp3) is 0.467. The Labute approximate surface area is 117 Å². The molecule has 18 heavy (non-hydrogen) atoms. The zero-order valence-electron chi connectivity index (χ0n) is 10.6. The van der Waals surface area contributed by atoms with E-state index in [1.165, 1.54) is 49.8 Å². The molecule has 0 amide bonds. The number of hydrogen-bond donors (Lipinski definition) is 0. The van der Waals surface area contributed by atoms with Crippen LogP contribution in [0.2, 0.25) is 0 Å². The van der Waals surface area contributed by atoms with E-state index in [4.69, 9.17) is 0 Å². The van der Waals surface area contributed by atoms with Crippen LogP contribution >= 0.6 is 15.9 Å². The van der Waals surface area contributed by atoms with Crippen LogP contribution in [0.3, 0.4) is 0 Å². The monoisotopic (exact) mass is 306 g/mol. The third-order valence-corrected chi connectivity index (χ3v) is 4.34. The molecule has 0 spiro atoms. The number of halogens is 1. The molecule has 0 saturated carbocycles. The van der Waals surface area contributed by atoms with Crippen LogP contribution in [0.4, 0.5) is 0 Å². The molecule has 1 saturated heterocycles. The van der Waals surface area contributed by atoms with Crippen molar-refractivity contribution in [3.63, 3.8) is 0 Å². The minimum atomic E-state index is 1.10. The molecule has 1 fully saturated rings. The van der Waals surface area contributed by atoms with Crippen molar-refractivity contribution in [1.82, 2.24) is 9.47 Å². The van der Waals surface area contributed by atoms with Crippen LogP contribution in [0, 0.1) is 0 Å². The highest BCUT2D eigenvalue weighted by Crippen LogP contribution is 2.21. The second-order valence-electron chi connectivity index (χ2n) is 5.11. The summed E-state index contributed by atoms with van der Waals surface area (Å²) in [6.07, 6.45) is 6.37. The molecule has 0 radical (unpaired) electrons. The van der Waals surface area contributed by atoms with Crippen molar-refractivity contribution in [3.8, 4) is 0 Å². The third kappa shape index (κ3) is 2.62. The third-order valence-electron chi connectivity index (χ3n) is 3.84. The van der Waals surface area contributed by atoms with Crippen LogP contribution in [0.5, 0.6) is 0 Å². The Kier molecular flexibility index (Phi) is 3.71. The highest BCUT2D eigenvalue weighted by molar-refractivity contribution is 9.10. The van der Waals surface area contributed by atoms with Crippen molar-refractivity contribution in [2.75, 3.05) is 19.6 Å². The van der Waals surface area contributed by atoms with Gasteiger partial charge in [0.25, 0.3) is 0 Å². The predicted octanol–water partition coefficient (Wildman–Crippen LogP) is 3.89. The van der Waals surface area contributed by atoms with Gasteiger partial charge in [-0.3, -0.25) is 0 Å². The lowest BCUT2D eigenvalue weighted by atomic mass is 10.1. The van der Waals surface area contributed by atoms with Gasteiger partial charge in [0.15, 0.2) is 0 Å². The van der Waals surface area contributed by atoms with Crippen LogP contribution in [0.15, 0.2) is 34.9 Å². The number of aromatic nitrogens is 1. The maximum Gasteiger partial charge on any atom is 0.0492 e. The van der Waals surface area contributed by atoms with Gasteiger partial charge in [0.05, 0.1) is 0 Å². The second kappa shape index (κ2) is 5.45. The van der Waals surface area contributed by atoms with Crippen LogP contribution < -0.4 is 0 Å². The Morgan fingerprint density at radius 3 is 2.67 bits per heavy atom. The first-order valence-electron chi connectivity index (χ1n) is 6.80. The maximum absolute atomic E-state index is 3.56. The molecular formula is C15H19BrN2. The topological polar surface area (TPSA) is 8.17 Å². The number of rotatable bonds is 3. The molecule has 0 atom stereocenters. The van der Waals surface area contributed by atoms with Crippen LogP contribution in [-0.4, -0.2) is 29.1 Å². The van der Waals surface area contributed by atoms with E-state index in [1.54, 1.807) is 0 Å². The smallest absolute Gasteiger partial charge is 0.0492 e. The number of fused-ring (bicyclic) bond motifs is 1. The van der Waals surface area contributed by atoms with E-state index in [0.29, 0.717) is 0 Å². The van der Waals surface area contributed by atoms with E-state index in [1.807, 2.05) is 0 Å². The summed E-state index contributed by atoms with van der Waals surface area (Å²) < 4.78 is 3.53. The Hall–Kier alpha value is -0.800. The zero-order chi connectivity index (χ0) is 12.4. The van der Waals surface area contributed by atoms with Gasteiger partial charge in [-0.15, -0.1) is 0 Å². The van der Waals surface area contributed by atoms with Gasteiger partial charge in [0.1, 0.15) is 0 Å². The summed E-state index contributed by atoms with van der Waals surface area (Å²) in [6, 6.07) is 8.71. The first-order valence-corrected chi connectivity index (χ1v) is 7.59. The van der Waals surface area contributed by atoms with Gasteiger partial charge in [-0.25, -0.2) is 0 Å². The summed E-state index contributed by atoms with van der Waals surface area (Å²) in [6.45, 7) is 4.84. The first kappa shape index (κ1) is 12.2. The molecule has 0 bridgehead atoms. The van der Waals surface area contributed by atoms with Gasteiger partial charge >= 0.3 is 0 Å². The molecule has 1 aliphatic heterocycles. The van der Waals surface area contributed by atoms with Gasteiger partial charge in [0.2, 0.25) is 0 Å².